The van der Waals surface area contributed by atoms with Crippen molar-refractivity contribution in [2.75, 3.05) is 20.8 Å². The van der Waals surface area contributed by atoms with Crippen molar-refractivity contribution in [3.63, 3.8) is 0 Å². The standard InChI is InChI=1S/C18H15NO5S2/c1-22-12-3-4-13(16(7-12)23-2)15(20)8-24-18(21)14-10-26-17(19-14)11-5-6-25-9-11/h3-7,9-10H,8H2,1-2H3. The summed E-state index contributed by atoms with van der Waals surface area (Å²) in [7, 11) is 2.98. The molecule has 0 aliphatic carbocycles. The quantitative estimate of drug-likeness (QED) is 0.450. The van der Waals surface area contributed by atoms with Gasteiger partial charge >= 0.3 is 5.97 Å². The topological polar surface area (TPSA) is 74.7 Å². The first kappa shape index (κ1) is 18.1. The van der Waals surface area contributed by atoms with Crippen LogP contribution >= 0.6 is 22.7 Å². The minimum absolute atomic E-state index is 0.186. The number of thiophene rings is 1. The molecule has 3 aromatic rings. The molecule has 0 radical (unpaired) electrons. The molecule has 26 heavy (non-hydrogen) atoms. The Kier molecular flexibility index (Phi) is 5.65. The summed E-state index contributed by atoms with van der Waals surface area (Å²) in [6, 6.07) is 6.75. The number of Topliss-reactive ketones (excluding diaryl/α,β-unsaturated/α-hetero) is 1. The maximum Gasteiger partial charge on any atom is 0.358 e. The maximum absolute atomic E-state index is 12.3. The Morgan fingerprint density at radius 1 is 1.12 bits per heavy atom. The number of carbonyl (C=O) groups excluding carboxylic acids is 2. The summed E-state index contributed by atoms with van der Waals surface area (Å²) in [6.45, 7) is -0.396. The van der Waals surface area contributed by atoms with E-state index in [2.05, 4.69) is 4.98 Å². The molecule has 0 N–H and O–H groups in total. The van der Waals surface area contributed by atoms with E-state index in [0.717, 1.165) is 10.6 Å². The van der Waals surface area contributed by atoms with Crippen LogP contribution in [0.25, 0.3) is 10.6 Å². The molecule has 0 unspecified atom stereocenters. The van der Waals surface area contributed by atoms with Crippen molar-refractivity contribution in [1.82, 2.24) is 4.98 Å². The first-order valence-electron chi connectivity index (χ1n) is 7.53. The van der Waals surface area contributed by atoms with Crippen LogP contribution in [0.4, 0.5) is 0 Å². The minimum atomic E-state index is -0.636. The molecule has 0 amide bonds. The number of benzene rings is 1. The van der Waals surface area contributed by atoms with Gasteiger partial charge < -0.3 is 14.2 Å². The molecule has 134 valence electrons. The van der Waals surface area contributed by atoms with Crippen molar-refractivity contribution >= 4 is 34.4 Å². The van der Waals surface area contributed by atoms with Crippen LogP contribution in [-0.2, 0) is 4.74 Å². The van der Waals surface area contributed by atoms with E-state index in [1.165, 1.54) is 25.6 Å². The molecule has 0 fully saturated rings. The van der Waals surface area contributed by atoms with E-state index >= 15 is 0 Å². The lowest BCUT2D eigenvalue weighted by Gasteiger charge is -2.09. The van der Waals surface area contributed by atoms with Gasteiger partial charge in [-0.25, -0.2) is 9.78 Å². The third-order valence-corrected chi connectivity index (χ3v) is 5.10. The molecule has 0 aliphatic heterocycles. The molecule has 6 nitrogen and oxygen atoms in total. The largest absolute Gasteiger partial charge is 0.497 e. The fourth-order valence-corrected chi connectivity index (χ4v) is 3.70. The predicted molar refractivity (Wildman–Crippen MR) is 99.6 cm³/mol. The van der Waals surface area contributed by atoms with Crippen molar-refractivity contribution in [2.24, 2.45) is 0 Å². The van der Waals surface area contributed by atoms with E-state index in [1.807, 2.05) is 16.8 Å². The molecule has 2 heterocycles. The molecular weight excluding hydrogens is 374 g/mol. The highest BCUT2D eigenvalue weighted by atomic mass is 32.1. The average molecular weight is 389 g/mol. The van der Waals surface area contributed by atoms with E-state index in [9.17, 15) is 9.59 Å². The van der Waals surface area contributed by atoms with Crippen LogP contribution in [0.2, 0.25) is 0 Å². The fraction of sp³-hybridized carbons (Fsp3) is 0.167. The van der Waals surface area contributed by atoms with Gasteiger partial charge in [-0.05, 0) is 23.6 Å². The number of thiazole rings is 1. The molecule has 0 saturated carbocycles. The van der Waals surface area contributed by atoms with Crippen LogP contribution in [0.1, 0.15) is 20.8 Å². The summed E-state index contributed by atoms with van der Waals surface area (Å²) in [5.74, 6) is -0.0765. The lowest BCUT2D eigenvalue weighted by molar-refractivity contribution is 0.0469. The van der Waals surface area contributed by atoms with Crippen LogP contribution in [0.3, 0.4) is 0 Å². The summed E-state index contributed by atoms with van der Waals surface area (Å²) in [6.07, 6.45) is 0. The van der Waals surface area contributed by atoms with Crippen molar-refractivity contribution in [1.29, 1.82) is 0 Å². The molecule has 0 spiro atoms. The number of ether oxygens (including phenoxy) is 3. The summed E-state index contributed by atoms with van der Waals surface area (Å²) in [5.41, 5.74) is 1.46. The Labute approximate surface area is 158 Å². The van der Waals surface area contributed by atoms with Crippen molar-refractivity contribution in [2.45, 2.75) is 0 Å². The molecule has 1 aromatic carbocycles. The fourth-order valence-electron chi connectivity index (χ4n) is 2.20. The molecule has 2 aromatic heterocycles. The van der Waals surface area contributed by atoms with Gasteiger partial charge in [-0.2, -0.15) is 11.3 Å². The third-order valence-electron chi connectivity index (χ3n) is 3.52. The van der Waals surface area contributed by atoms with Crippen molar-refractivity contribution < 1.29 is 23.8 Å². The summed E-state index contributed by atoms with van der Waals surface area (Å²) >= 11 is 2.91. The zero-order valence-corrected chi connectivity index (χ0v) is 15.7. The second-order valence-corrected chi connectivity index (χ2v) is 6.75. The third kappa shape index (κ3) is 3.92. The van der Waals surface area contributed by atoms with Gasteiger partial charge in [-0.15, -0.1) is 11.3 Å². The van der Waals surface area contributed by atoms with Crippen LogP contribution in [0.5, 0.6) is 11.5 Å². The normalized spacial score (nSPS) is 10.4. The predicted octanol–water partition coefficient (Wildman–Crippen LogP) is 3.93. The van der Waals surface area contributed by atoms with E-state index < -0.39 is 12.6 Å². The van der Waals surface area contributed by atoms with Gasteiger partial charge in [0.05, 0.1) is 19.8 Å². The first-order chi connectivity index (χ1) is 12.6. The van der Waals surface area contributed by atoms with Crippen LogP contribution in [0, 0.1) is 0 Å². The van der Waals surface area contributed by atoms with Crippen molar-refractivity contribution in [3.05, 3.63) is 51.7 Å². The zero-order chi connectivity index (χ0) is 18.5. The molecule has 0 saturated heterocycles. The van der Waals surface area contributed by atoms with Crippen LogP contribution in [0.15, 0.2) is 40.4 Å². The summed E-state index contributed by atoms with van der Waals surface area (Å²) in [4.78, 5) is 28.7. The molecule has 0 atom stereocenters. The van der Waals surface area contributed by atoms with E-state index in [-0.39, 0.29) is 11.5 Å². The number of nitrogens with zero attached hydrogens (tertiary/aromatic N) is 1. The molecule has 0 aliphatic rings. The second-order valence-electron chi connectivity index (χ2n) is 5.12. The summed E-state index contributed by atoms with van der Waals surface area (Å²) in [5, 5.41) is 6.25. The maximum atomic E-state index is 12.3. The Morgan fingerprint density at radius 3 is 2.65 bits per heavy atom. The highest BCUT2D eigenvalue weighted by Gasteiger charge is 2.18. The Balaban J connectivity index is 1.65. The monoisotopic (exact) mass is 389 g/mol. The van der Waals surface area contributed by atoms with Gasteiger partial charge in [0.25, 0.3) is 0 Å². The number of methoxy groups -OCH3 is 2. The highest BCUT2D eigenvalue weighted by molar-refractivity contribution is 7.14. The number of ketones is 1. The lowest BCUT2D eigenvalue weighted by atomic mass is 10.1. The van der Waals surface area contributed by atoms with Gasteiger partial charge in [-0.1, -0.05) is 0 Å². The Morgan fingerprint density at radius 2 is 1.96 bits per heavy atom. The summed E-state index contributed by atoms with van der Waals surface area (Å²) < 4.78 is 15.4. The SMILES string of the molecule is COc1ccc(C(=O)COC(=O)c2csc(-c3ccsc3)n2)c(OC)c1. The molecule has 8 heteroatoms. The number of esters is 1. The zero-order valence-electron chi connectivity index (χ0n) is 14.1. The van der Waals surface area contributed by atoms with Crippen molar-refractivity contribution in [3.8, 4) is 22.1 Å². The van der Waals surface area contributed by atoms with Crippen LogP contribution < -0.4 is 9.47 Å². The average Bonchev–Trinajstić information content (AvgIpc) is 3.36. The van der Waals surface area contributed by atoms with E-state index in [1.54, 1.807) is 34.9 Å². The van der Waals surface area contributed by atoms with Gasteiger partial charge in [0.1, 0.15) is 16.5 Å². The minimum Gasteiger partial charge on any atom is -0.497 e. The lowest BCUT2D eigenvalue weighted by Crippen LogP contribution is -2.15. The number of rotatable bonds is 7. The number of carbonyl (C=O) groups is 2. The van der Waals surface area contributed by atoms with Crippen LogP contribution in [-0.4, -0.2) is 37.6 Å². The number of hydrogen-bond acceptors (Lipinski definition) is 8. The van der Waals surface area contributed by atoms with Gasteiger partial charge in [0.2, 0.25) is 5.78 Å². The molecular formula is C18H15NO5S2. The number of aromatic nitrogens is 1. The highest BCUT2D eigenvalue weighted by Crippen LogP contribution is 2.27. The Hall–Kier alpha value is -2.71. The second kappa shape index (κ2) is 8.11. The Bertz CT molecular complexity index is 918. The first-order valence-corrected chi connectivity index (χ1v) is 9.35. The van der Waals surface area contributed by atoms with E-state index in [4.69, 9.17) is 14.2 Å². The van der Waals surface area contributed by atoms with Gasteiger partial charge in [0, 0.05) is 22.4 Å². The molecule has 0 bridgehead atoms. The van der Waals surface area contributed by atoms with Gasteiger partial charge in [0.15, 0.2) is 12.3 Å². The van der Waals surface area contributed by atoms with Gasteiger partial charge in [-0.3, -0.25) is 4.79 Å². The molecule has 3 rings (SSSR count). The number of hydrogen-bond donors (Lipinski definition) is 0. The van der Waals surface area contributed by atoms with E-state index in [0.29, 0.717) is 17.1 Å². The smallest absolute Gasteiger partial charge is 0.358 e.